The quantitative estimate of drug-likeness (QED) is 0.536. The van der Waals surface area contributed by atoms with Gasteiger partial charge in [-0.15, -0.1) is 0 Å². The molecule has 0 saturated carbocycles. The molecule has 0 aliphatic carbocycles. The first-order valence-electron chi connectivity index (χ1n) is 8.76. The van der Waals surface area contributed by atoms with E-state index in [1.165, 1.54) is 37.4 Å². The summed E-state index contributed by atoms with van der Waals surface area (Å²) in [5, 5.41) is 2.68. The van der Waals surface area contributed by atoms with Crippen molar-refractivity contribution in [2.24, 2.45) is 5.73 Å². The predicted molar refractivity (Wildman–Crippen MR) is 113 cm³/mol. The van der Waals surface area contributed by atoms with E-state index in [0.717, 1.165) is 0 Å². The van der Waals surface area contributed by atoms with Crippen molar-refractivity contribution in [3.8, 4) is 5.75 Å². The number of carbonyl (C=O) groups is 2. The fourth-order valence-electron chi connectivity index (χ4n) is 2.61. The molecule has 3 rings (SSSR count). The fraction of sp³-hybridized carbons (Fsp3) is 0.0476. The molecule has 0 fully saturated rings. The van der Waals surface area contributed by atoms with Crippen LogP contribution in [0.1, 0.15) is 20.7 Å². The summed E-state index contributed by atoms with van der Waals surface area (Å²) in [4.78, 5) is 23.7. The van der Waals surface area contributed by atoms with E-state index in [1.54, 1.807) is 42.5 Å². The Morgan fingerprint density at radius 3 is 2.13 bits per heavy atom. The normalized spacial score (nSPS) is 10.8. The smallest absolute Gasteiger partial charge is 0.261 e. The number of hydrogen-bond donors (Lipinski definition) is 3. The molecule has 4 N–H and O–H groups in total. The van der Waals surface area contributed by atoms with Gasteiger partial charge in [-0.3, -0.25) is 14.3 Å². The van der Waals surface area contributed by atoms with Gasteiger partial charge in [0.15, 0.2) is 0 Å². The Morgan fingerprint density at radius 2 is 1.53 bits per heavy atom. The van der Waals surface area contributed by atoms with Gasteiger partial charge in [0.2, 0.25) is 5.91 Å². The highest BCUT2D eigenvalue weighted by atomic mass is 32.2. The molecule has 2 amide bonds. The number of ether oxygens (including phenoxy) is 1. The topological polar surface area (TPSA) is 128 Å². The maximum atomic E-state index is 12.6. The molecule has 0 bridgehead atoms. The number of amides is 2. The van der Waals surface area contributed by atoms with Gasteiger partial charge in [0, 0.05) is 22.5 Å². The number of methoxy groups -OCH3 is 1. The van der Waals surface area contributed by atoms with Gasteiger partial charge in [-0.1, -0.05) is 6.07 Å². The summed E-state index contributed by atoms with van der Waals surface area (Å²) in [7, 11) is -2.34. The summed E-state index contributed by atoms with van der Waals surface area (Å²) in [6, 6.07) is 18.1. The second kappa shape index (κ2) is 8.66. The number of benzene rings is 3. The van der Waals surface area contributed by atoms with Gasteiger partial charge in [-0.25, -0.2) is 8.42 Å². The molecule has 154 valence electrons. The van der Waals surface area contributed by atoms with E-state index in [4.69, 9.17) is 10.5 Å². The van der Waals surface area contributed by atoms with Crippen molar-refractivity contribution in [2.75, 3.05) is 17.1 Å². The third-order valence-corrected chi connectivity index (χ3v) is 5.57. The maximum Gasteiger partial charge on any atom is 0.261 e. The lowest BCUT2D eigenvalue weighted by molar-refractivity contribution is 0.0998. The van der Waals surface area contributed by atoms with Crippen molar-refractivity contribution in [3.63, 3.8) is 0 Å². The lowest BCUT2D eigenvalue weighted by atomic mass is 10.1. The minimum absolute atomic E-state index is 0.0627. The molecule has 0 unspecified atom stereocenters. The molecule has 0 atom stereocenters. The van der Waals surface area contributed by atoms with Crippen molar-refractivity contribution in [2.45, 2.75) is 4.90 Å². The average Bonchev–Trinajstić information content (AvgIpc) is 2.74. The summed E-state index contributed by atoms with van der Waals surface area (Å²) in [6.45, 7) is 0. The summed E-state index contributed by atoms with van der Waals surface area (Å²) in [5.41, 5.74) is 6.47. The van der Waals surface area contributed by atoms with Crippen LogP contribution in [-0.4, -0.2) is 27.3 Å². The Morgan fingerprint density at radius 1 is 0.867 bits per heavy atom. The number of rotatable bonds is 7. The minimum Gasteiger partial charge on any atom is -0.497 e. The lowest BCUT2D eigenvalue weighted by Crippen LogP contribution is -2.15. The molecule has 3 aromatic rings. The van der Waals surface area contributed by atoms with Gasteiger partial charge in [0.1, 0.15) is 5.75 Å². The highest BCUT2D eigenvalue weighted by molar-refractivity contribution is 7.92. The van der Waals surface area contributed by atoms with Gasteiger partial charge >= 0.3 is 0 Å². The molecule has 0 heterocycles. The number of anilines is 2. The monoisotopic (exact) mass is 425 g/mol. The third-order valence-electron chi connectivity index (χ3n) is 4.17. The van der Waals surface area contributed by atoms with Crippen molar-refractivity contribution in [1.29, 1.82) is 0 Å². The summed E-state index contributed by atoms with van der Waals surface area (Å²) >= 11 is 0. The second-order valence-corrected chi connectivity index (χ2v) is 7.94. The largest absolute Gasteiger partial charge is 0.497 e. The number of sulfonamides is 1. The SMILES string of the molecule is COc1ccc(S(=O)(=O)Nc2cccc(C(=O)Nc3ccc(C(N)=O)cc3)c2)cc1. The van der Waals surface area contributed by atoms with Crippen LogP contribution in [0, 0.1) is 0 Å². The first-order valence-corrected chi connectivity index (χ1v) is 10.2. The van der Waals surface area contributed by atoms with Gasteiger partial charge in [0.25, 0.3) is 15.9 Å². The van der Waals surface area contributed by atoms with Gasteiger partial charge in [-0.05, 0) is 66.7 Å². The van der Waals surface area contributed by atoms with Crippen LogP contribution in [0.4, 0.5) is 11.4 Å². The van der Waals surface area contributed by atoms with Crippen molar-refractivity contribution in [1.82, 2.24) is 0 Å². The van der Waals surface area contributed by atoms with E-state index in [0.29, 0.717) is 17.0 Å². The zero-order chi connectivity index (χ0) is 21.7. The molecule has 0 radical (unpaired) electrons. The van der Waals surface area contributed by atoms with Crippen LogP contribution in [0.25, 0.3) is 0 Å². The van der Waals surface area contributed by atoms with Crippen LogP contribution < -0.4 is 20.5 Å². The first kappa shape index (κ1) is 20.9. The molecule has 0 aliphatic heterocycles. The number of nitrogens with one attached hydrogen (secondary N) is 2. The van der Waals surface area contributed by atoms with Gasteiger partial charge in [0.05, 0.1) is 12.0 Å². The molecule has 0 spiro atoms. The Kier molecular flexibility index (Phi) is 6.03. The molecule has 0 aromatic heterocycles. The Balaban J connectivity index is 1.74. The highest BCUT2D eigenvalue weighted by Crippen LogP contribution is 2.20. The summed E-state index contributed by atoms with van der Waals surface area (Å²) in [6.07, 6.45) is 0. The number of nitrogens with two attached hydrogens (primary N) is 1. The summed E-state index contributed by atoms with van der Waals surface area (Å²) in [5.74, 6) is -0.464. The van der Waals surface area contributed by atoms with E-state index >= 15 is 0 Å². The maximum absolute atomic E-state index is 12.6. The Labute approximate surface area is 173 Å². The average molecular weight is 425 g/mol. The minimum atomic E-state index is -3.83. The van der Waals surface area contributed by atoms with Gasteiger partial charge in [-0.2, -0.15) is 0 Å². The molecule has 3 aromatic carbocycles. The third kappa shape index (κ3) is 4.95. The highest BCUT2D eigenvalue weighted by Gasteiger charge is 2.15. The van der Waals surface area contributed by atoms with Crippen molar-refractivity contribution < 1.29 is 22.7 Å². The molecule has 8 nitrogen and oxygen atoms in total. The van der Waals surface area contributed by atoms with E-state index in [9.17, 15) is 18.0 Å². The van der Waals surface area contributed by atoms with E-state index in [-0.39, 0.29) is 16.1 Å². The van der Waals surface area contributed by atoms with Crippen LogP contribution in [0.2, 0.25) is 0 Å². The van der Waals surface area contributed by atoms with Crippen LogP contribution in [0.3, 0.4) is 0 Å². The number of primary amides is 1. The predicted octanol–water partition coefficient (Wildman–Crippen LogP) is 2.85. The fourth-order valence-corrected chi connectivity index (χ4v) is 3.66. The van der Waals surface area contributed by atoms with E-state index in [2.05, 4.69) is 10.0 Å². The first-order chi connectivity index (χ1) is 14.3. The molecule has 30 heavy (non-hydrogen) atoms. The number of hydrogen-bond acceptors (Lipinski definition) is 5. The molecule has 9 heteroatoms. The second-order valence-electron chi connectivity index (χ2n) is 6.26. The van der Waals surface area contributed by atoms with Crippen LogP contribution >= 0.6 is 0 Å². The zero-order valence-corrected chi connectivity index (χ0v) is 16.8. The molecular weight excluding hydrogens is 406 g/mol. The van der Waals surface area contributed by atoms with Gasteiger partial charge < -0.3 is 15.8 Å². The summed E-state index contributed by atoms with van der Waals surface area (Å²) < 4.78 is 32.6. The lowest BCUT2D eigenvalue weighted by Gasteiger charge is -2.11. The Hall–Kier alpha value is -3.85. The molecule has 0 saturated heterocycles. The van der Waals surface area contributed by atoms with Crippen molar-refractivity contribution in [3.05, 3.63) is 83.9 Å². The molecule has 0 aliphatic rings. The van der Waals surface area contributed by atoms with Crippen LogP contribution in [0.5, 0.6) is 5.75 Å². The van der Waals surface area contributed by atoms with E-state index < -0.39 is 21.8 Å². The zero-order valence-electron chi connectivity index (χ0n) is 16.0. The van der Waals surface area contributed by atoms with Crippen molar-refractivity contribution >= 4 is 33.2 Å². The molecular formula is C21H19N3O5S. The standard InChI is InChI=1S/C21H19N3O5S/c1-29-18-9-11-19(12-10-18)30(27,28)24-17-4-2-3-15(13-17)21(26)23-16-7-5-14(6-8-16)20(22)25/h2-13,24H,1H3,(H2,22,25)(H,23,26). The van der Waals surface area contributed by atoms with E-state index in [1.807, 2.05) is 0 Å². The van der Waals surface area contributed by atoms with Crippen LogP contribution in [-0.2, 0) is 10.0 Å². The number of carbonyl (C=O) groups excluding carboxylic acids is 2. The van der Waals surface area contributed by atoms with Crippen LogP contribution in [0.15, 0.2) is 77.7 Å². The Bertz CT molecular complexity index is 1170.